The molecule has 0 fully saturated rings. The van der Waals surface area contributed by atoms with E-state index in [0.717, 1.165) is 12.0 Å². The minimum atomic E-state index is -0.371. The van der Waals surface area contributed by atoms with Crippen LogP contribution in [0.2, 0.25) is 5.02 Å². The maximum atomic E-state index is 11.7. The molecule has 0 amide bonds. The molecule has 0 aliphatic heterocycles. The number of carbonyl (C=O) groups is 1. The highest BCUT2D eigenvalue weighted by molar-refractivity contribution is 6.31. The van der Waals surface area contributed by atoms with E-state index in [4.69, 9.17) is 21.1 Å². The van der Waals surface area contributed by atoms with Crippen LogP contribution in [0.5, 0.6) is 0 Å². The lowest BCUT2D eigenvalue weighted by Crippen LogP contribution is -2.14. The van der Waals surface area contributed by atoms with Crippen LogP contribution in [0.25, 0.3) is 0 Å². The molecule has 18 heavy (non-hydrogen) atoms. The number of hydrogen-bond donors (Lipinski definition) is 0. The summed E-state index contributed by atoms with van der Waals surface area (Å²) >= 11 is 5.95. The molecule has 100 valence electrons. The summed E-state index contributed by atoms with van der Waals surface area (Å²) in [5.41, 5.74) is 1.41. The molecule has 0 aliphatic carbocycles. The van der Waals surface area contributed by atoms with Gasteiger partial charge in [-0.2, -0.15) is 0 Å². The van der Waals surface area contributed by atoms with Crippen LogP contribution in [0.15, 0.2) is 18.2 Å². The van der Waals surface area contributed by atoms with E-state index in [2.05, 4.69) is 0 Å². The van der Waals surface area contributed by atoms with Crippen LogP contribution in [-0.2, 0) is 9.47 Å². The van der Waals surface area contributed by atoms with Gasteiger partial charge in [0.2, 0.25) is 0 Å². The number of rotatable bonds is 6. The Hall–Kier alpha value is -1.06. The molecule has 0 radical (unpaired) electrons. The van der Waals surface area contributed by atoms with E-state index in [-0.39, 0.29) is 18.7 Å². The normalized spacial score (nSPS) is 12.2. The maximum absolute atomic E-state index is 11.7. The molecule has 0 saturated heterocycles. The highest BCUT2D eigenvalue weighted by Gasteiger charge is 2.08. The SMILES string of the molecule is CCC(C)OCCOC(=O)c1ccc(C)c(Cl)c1. The molecule has 1 rings (SSSR count). The van der Waals surface area contributed by atoms with Crippen LogP contribution in [0.3, 0.4) is 0 Å². The van der Waals surface area contributed by atoms with Crippen molar-refractivity contribution in [3.8, 4) is 0 Å². The van der Waals surface area contributed by atoms with Gasteiger partial charge in [-0.25, -0.2) is 4.79 Å². The van der Waals surface area contributed by atoms with E-state index in [1.807, 2.05) is 20.8 Å². The summed E-state index contributed by atoms with van der Waals surface area (Å²) in [6.45, 7) is 6.60. The zero-order chi connectivity index (χ0) is 13.5. The molecule has 0 N–H and O–H groups in total. The molecule has 0 heterocycles. The van der Waals surface area contributed by atoms with Crippen molar-refractivity contribution in [2.45, 2.75) is 33.3 Å². The molecule has 0 aromatic heterocycles. The molecule has 1 atom stereocenters. The highest BCUT2D eigenvalue weighted by atomic mass is 35.5. The van der Waals surface area contributed by atoms with Crippen molar-refractivity contribution in [2.75, 3.05) is 13.2 Å². The monoisotopic (exact) mass is 270 g/mol. The second kappa shape index (κ2) is 7.39. The lowest BCUT2D eigenvalue weighted by atomic mass is 10.1. The molecular weight excluding hydrogens is 252 g/mol. The van der Waals surface area contributed by atoms with Gasteiger partial charge in [0.25, 0.3) is 0 Å². The Morgan fingerprint density at radius 3 is 2.72 bits per heavy atom. The van der Waals surface area contributed by atoms with Crippen LogP contribution < -0.4 is 0 Å². The van der Waals surface area contributed by atoms with Gasteiger partial charge in [-0.05, 0) is 38.0 Å². The van der Waals surface area contributed by atoms with Crippen molar-refractivity contribution in [1.82, 2.24) is 0 Å². The number of carbonyl (C=O) groups excluding carboxylic acids is 1. The van der Waals surface area contributed by atoms with E-state index in [0.29, 0.717) is 17.2 Å². The number of halogens is 1. The van der Waals surface area contributed by atoms with E-state index in [1.54, 1.807) is 18.2 Å². The topological polar surface area (TPSA) is 35.5 Å². The number of benzene rings is 1. The van der Waals surface area contributed by atoms with Crippen LogP contribution >= 0.6 is 11.6 Å². The summed E-state index contributed by atoms with van der Waals surface area (Å²) in [6.07, 6.45) is 1.14. The van der Waals surface area contributed by atoms with E-state index >= 15 is 0 Å². The molecule has 1 aromatic carbocycles. The average molecular weight is 271 g/mol. The Morgan fingerprint density at radius 1 is 1.39 bits per heavy atom. The number of ether oxygens (including phenoxy) is 2. The van der Waals surface area contributed by atoms with Crippen molar-refractivity contribution >= 4 is 17.6 Å². The predicted molar refractivity (Wildman–Crippen MR) is 72.2 cm³/mol. The Balaban J connectivity index is 2.39. The third kappa shape index (κ3) is 4.67. The van der Waals surface area contributed by atoms with Gasteiger partial charge >= 0.3 is 5.97 Å². The standard InChI is InChI=1S/C14H19ClO3/c1-4-11(3)17-7-8-18-14(16)12-6-5-10(2)13(15)9-12/h5-6,9,11H,4,7-8H2,1-3H3. The first-order chi connectivity index (χ1) is 8.54. The van der Waals surface area contributed by atoms with Gasteiger partial charge in [0.1, 0.15) is 6.61 Å². The van der Waals surface area contributed by atoms with Crippen LogP contribution in [-0.4, -0.2) is 25.3 Å². The summed E-state index contributed by atoms with van der Waals surface area (Å²) in [4.78, 5) is 11.7. The summed E-state index contributed by atoms with van der Waals surface area (Å²) in [5, 5.41) is 0.570. The van der Waals surface area contributed by atoms with Crippen molar-refractivity contribution in [3.05, 3.63) is 34.3 Å². The summed E-state index contributed by atoms with van der Waals surface area (Å²) in [7, 11) is 0. The second-order valence-corrected chi connectivity index (χ2v) is 4.60. The molecule has 1 aromatic rings. The zero-order valence-electron chi connectivity index (χ0n) is 11.0. The fourth-order valence-electron chi connectivity index (χ4n) is 1.30. The lowest BCUT2D eigenvalue weighted by Gasteiger charge is -2.10. The molecule has 0 saturated carbocycles. The van der Waals surface area contributed by atoms with E-state index in [9.17, 15) is 4.79 Å². The summed E-state index contributed by atoms with van der Waals surface area (Å²) < 4.78 is 10.5. The van der Waals surface area contributed by atoms with Gasteiger partial charge in [0.05, 0.1) is 18.3 Å². The molecule has 3 nitrogen and oxygen atoms in total. The largest absolute Gasteiger partial charge is 0.460 e. The lowest BCUT2D eigenvalue weighted by molar-refractivity contribution is 0.0121. The first-order valence-electron chi connectivity index (χ1n) is 6.09. The zero-order valence-corrected chi connectivity index (χ0v) is 11.8. The van der Waals surface area contributed by atoms with Crippen molar-refractivity contribution in [1.29, 1.82) is 0 Å². The quantitative estimate of drug-likeness (QED) is 0.585. The van der Waals surface area contributed by atoms with Gasteiger partial charge < -0.3 is 9.47 Å². The minimum Gasteiger partial charge on any atom is -0.460 e. The fraction of sp³-hybridized carbons (Fsp3) is 0.500. The molecule has 0 aliphatic rings. The number of hydrogen-bond acceptors (Lipinski definition) is 3. The van der Waals surface area contributed by atoms with Crippen molar-refractivity contribution in [3.63, 3.8) is 0 Å². The first kappa shape index (κ1) is 15.0. The molecule has 0 bridgehead atoms. The fourth-order valence-corrected chi connectivity index (χ4v) is 1.49. The maximum Gasteiger partial charge on any atom is 0.338 e. The van der Waals surface area contributed by atoms with Gasteiger partial charge in [-0.3, -0.25) is 0 Å². The van der Waals surface area contributed by atoms with Gasteiger partial charge in [0.15, 0.2) is 0 Å². The Morgan fingerprint density at radius 2 is 2.11 bits per heavy atom. The van der Waals surface area contributed by atoms with Crippen LogP contribution in [0.1, 0.15) is 36.2 Å². The van der Waals surface area contributed by atoms with Crippen LogP contribution in [0, 0.1) is 6.92 Å². The first-order valence-corrected chi connectivity index (χ1v) is 6.47. The third-order valence-corrected chi connectivity index (χ3v) is 3.11. The van der Waals surface area contributed by atoms with Gasteiger partial charge in [-0.15, -0.1) is 0 Å². The average Bonchev–Trinajstić information content (AvgIpc) is 2.37. The van der Waals surface area contributed by atoms with Crippen molar-refractivity contribution < 1.29 is 14.3 Å². The predicted octanol–water partition coefficient (Wildman–Crippen LogP) is 3.62. The van der Waals surface area contributed by atoms with E-state index in [1.165, 1.54) is 0 Å². The molecule has 0 spiro atoms. The number of esters is 1. The third-order valence-electron chi connectivity index (χ3n) is 2.70. The van der Waals surface area contributed by atoms with Gasteiger partial charge in [-0.1, -0.05) is 24.6 Å². The molecule has 1 unspecified atom stereocenters. The summed E-state index contributed by atoms with van der Waals surface area (Å²) in [5.74, 6) is -0.371. The second-order valence-electron chi connectivity index (χ2n) is 4.19. The molecular formula is C14H19ClO3. The van der Waals surface area contributed by atoms with Crippen LogP contribution in [0.4, 0.5) is 0 Å². The minimum absolute atomic E-state index is 0.192. The van der Waals surface area contributed by atoms with Gasteiger partial charge in [0, 0.05) is 5.02 Å². The number of aryl methyl sites for hydroxylation is 1. The van der Waals surface area contributed by atoms with Crippen molar-refractivity contribution in [2.24, 2.45) is 0 Å². The summed E-state index contributed by atoms with van der Waals surface area (Å²) in [6, 6.07) is 5.13. The Bertz CT molecular complexity index is 404. The molecule has 4 heteroatoms. The van der Waals surface area contributed by atoms with E-state index < -0.39 is 0 Å². The smallest absolute Gasteiger partial charge is 0.338 e. The highest BCUT2D eigenvalue weighted by Crippen LogP contribution is 2.17. The Kier molecular flexibility index (Phi) is 6.16. The Labute approximate surface area is 113 Å².